The first-order valence-corrected chi connectivity index (χ1v) is 13.7. The number of benzene rings is 1. The summed E-state index contributed by atoms with van der Waals surface area (Å²) in [6.07, 6.45) is 3.40. The number of para-hydroxylation sites is 1. The molecule has 3 saturated heterocycles. The van der Waals surface area contributed by atoms with Crippen LogP contribution in [-0.4, -0.2) is 103 Å². The molecule has 3 fully saturated rings. The number of aryl methyl sites for hydroxylation is 1. The Morgan fingerprint density at radius 2 is 1.59 bits per heavy atom. The van der Waals surface area contributed by atoms with Gasteiger partial charge in [-0.25, -0.2) is 0 Å². The van der Waals surface area contributed by atoms with Crippen molar-refractivity contribution in [3.8, 4) is 0 Å². The van der Waals surface area contributed by atoms with E-state index in [4.69, 9.17) is 4.74 Å². The Bertz CT molecular complexity index is 1110. The molecule has 2 aromatic rings. The smallest absolute Gasteiger partial charge is 0.282 e. The largest absolute Gasteiger partial charge is 0.379 e. The average Bonchev–Trinajstić information content (AvgIpc) is 3.20. The van der Waals surface area contributed by atoms with Crippen LogP contribution in [0.15, 0.2) is 30.5 Å². The van der Waals surface area contributed by atoms with Crippen LogP contribution in [0.2, 0.25) is 0 Å². The van der Waals surface area contributed by atoms with E-state index < -0.39 is 10.2 Å². The third-order valence-corrected chi connectivity index (χ3v) is 9.52. The molecular formula is C24H35N5O4S. The summed E-state index contributed by atoms with van der Waals surface area (Å²) in [7, 11) is -1.37. The van der Waals surface area contributed by atoms with Gasteiger partial charge < -0.3 is 14.2 Å². The summed E-state index contributed by atoms with van der Waals surface area (Å²) in [5.74, 6) is 0.106. The Morgan fingerprint density at radius 3 is 2.29 bits per heavy atom. The number of aromatic nitrogens is 1. The van der Waals surface area contributed by atoms with Crippen molar-refractivity contribution >= 4 is 27.0 Å². The molecule has 0 aliphatic carbocycles. The summed E-state index contributed by atoms with van der Waals surface area (Å²) in [5.41, 5.74) is 2.57. The maximum atomic E-state index is 13.2. The Labute approximate surface area is 202 Å². The molecule has 34 heavy (non-hydrogen) atoms. The SMILES string of the molecule is Cn1cc(CN2CCN(C(=O)C3CCN(S(=O)(=O)N4CCOCC4)CC3)CC2)c2ccccc21. The third-order valence-electron chi connectivity index (χ3n) is 7.48. The van der Waals surface area contributed by atoms with Crippen LogP contribution in [0.25, 0.3) is 10.9 Å². The number of morpholine rings is 1. The maximum absolute atomic E-state index is 13.2. The van der Waals surface area contributed by atoms with E-state index in [1.54, 1.807) is 4.31 Å². The lowest BCUT2D eigenvalue weighted by molar-refractivity contribution is -0.138. The van der Waals surface area contributed by atoms with Gasteiger partial charge in [0.2, 0.25) is 5.91 Å². The third kappa shape index (κ3) is 4.74. The average molecular weight is 490 g/mol. The predicted molar refractivity (Wildman–Crippen MR) is 130 cm³/mol. The molecule has 3 aliphatic heterocycles. The van der Waals surface area contributed by atoms with Gasteiger partial charge in [-0.1, -0.05) is 18.2 Å². The zero-order chi connectivity index (χ0) is 23.7. The summed E-state index contributed by atoms with van der Waals surface area (Å²) in [5, 5.41) is 1.29. The molecule has 0 saturated carbocycles. The van der Waals surface area contributed by atoms with Crippen LogP contribution in [0.4, 0.5) is 0 Å². The van der Waals surface area contributed by atoms with Gasteiger partial charge in [0.05, 0.1) is 13.2 Å². The second-order valence-electron chi connectivity index (χ2n) is 9.58. The minimum atomic E-state index is -3.46. The van der Waals surface area contributed by atoms with Gasteiger partial charge in [0.15, 0.2) is 0 Å². The highest BCUT2D eigenvalue weighted by Gasteiger charge is 2.37. The second kappa shape index (κ2) is 9.94. The molecule has 0 unspecified atom stereocenters. The van der Waals surface area contributed by atoms with Crippen LogP contribution in [0.1, 0.15) is 18.4 Å². The molecule has 186 valence electrons. The van der Waals surface area contributed by atoms with E-state index in [2.05, 4.69) is 47.0 Å². The number of hydrogen-bond acceptors (Lipinski definition) is 5. The van der Waals surface area contributed by atoms with Gasteiger partial charge in [-0.2, -0.15) is 17.0 Å². The Hall–Kier alpha value is -1.98. The lowest BCUT2D eigenvalue weighted by Crippen LogP contribution is -2.53. The molecule has 1 aromatic carbocycles. The number of carbonyl (C=O) groups excluding carboxylic acids is 1. The molecular weight excluding hydrogens is 454 g/mol. The van der Waals surface area contributed by atoms with Crippen LogP contribution in [-0.2, 0) is 33.3 Å². The number of carbonyl (C=O) groups is 1. The van der Waals surface area contributed by atoms with Gasteiger partial charge in [0.25, 0.3) is 10.2 Å². The van der Waals surface area contributed by atoms with Crippen LogP contribution in [0.5, 0.6) is 0 Å². The van der Waals surface area contributed by atoms with Gasteiger partial charge in [-0.05, 0) is 24.5 Å². The highest BCUT2D eigenvalue weighted by atomic mass is 32.2. The fraction of sp³-hybridized carbons (Fsp3) is 0.625. The minimum absolute atomic E-state index is 0.0826. The van der Waals surface area contributed by atoms with E-state index in [1.165, 1.54) is 20.8 Å². The Balaban J connectivity index is 1.11. The topological polar surface area (TPSA) is 78.3 Å². The van der Waals surface area contributed by atoms with Gasteiger partial charge >= 0.3 is 0 Å². The molecule has 4 heterocycles. The first-order valence-electron chi connectivity index (χ1n) is 12.3. The molecule has 0 bridgehead atoms. The molecule has 0 N–H and O–H groups in total. The van der Waals surface area contributed by atoms with Crippen molar-refractivity contribution in [2.75, 3.05) is 65.6 Å². The van der Waals surface area contributed by atoms with Crippen LogP contribution in [0.3, 0.4) is 0 Å². The van der Waals surface area contributed by atoms with Crippen LogP contribution in [0, 0.1) is 5.92 Å². The quantitative estimate of drug-likeness (QED) is 0.629. The van der Waals surface area contributed by atoms with Gasteiger partial charge in [-0.15, -0.1) is 0 Å². The lowest BCUT2D eigenvalue weighted by atomic mass is 9.96. The number of piperazine rings is 1. The molecule has 10 heteroatoms. The molecule has 0 spiro atoms. The van der Waals surface area contributed by atoms with Crippen molar-refractivity contribution in [3.05, 3.63) is 36.0 Å². The maximum Gasteiger partial charge on any atom is 0.282 e. The fourth-order valence-corrected chi connectivity index (χ4v) is 7.06. The summed E-state index contributed by atoms with van der Waals surface area (Å²) in [6, 6.07) is 8.47. The van der Waals surface area contributed by atoms with Gasteiger partial charge in [0.1, 0.15) is 0 Å². The number of amides is 1. The monoisotopic (exact) mass is 489 g/mol. The number of hydrogen-bond donors (Lipinski definition) is 0. The molecule has 3 aliphatic rings. The number of nitrogens with zero attached hydrogens (tertiary/aromatic N) is 5. The standard InChI is InChI=1S/C24H35N5O4S/c1-25-18-21(22-4-2-3-5-23(22)25)19-26-10-12-27(13-11-26)24(30)20-6-8-28(9-7-20)34(31,32)29-14-16-33-17-15-29/h2-5,18,20H,6-17,19H2,1H3. The lowest BCUT2D eigenvalue weighted by Gasteiger charge is -2.39. The first kappa shape index (κ1) is 23.7. The second-order valence-corrected chi connectivity index (χ2v) is 11.5. The number of piperidine rings is 1. The van der Waals surface area contributed by atoms with Crippen molar-refractivity contribution in [3.63, 3.8) is 0 Å². The molecule has 5 rings (SSSR count). The number of rotatable bonds is 5. The number of ether oxygens (including phenoxy) is 1. The summed E-state index contributed by atoms with van der Waals surface area (Å²) in [6.45, 7) is 6.61. The number of fused-ring (bicyclic) bond motifs is 1. The highest BCUT2D eigenvalue weighted by Crippen LogP contribution is 2.25. The van der Waals surface area contributed by atoms with Crippen molar-refractivity contribution in [1.29, 1.82) is 0 Å². The summed E-state index contributed by atoms with van der Waals surface area (Å²) < 4.78 is 36.3. The molecule has 9 nitrogen and oxygen atoms in total. The van der Waals surface area contributed by atoms with E-state index in [0.717, 1.165) is 32.7 Å². The fourth-order valence-electron chi connectivity index (χ4n) is 5.45. The molecule has 1 aromatic heterocycles. The van der Waals surface area contributed by atoms with E-state index >= 15 is 0 Å². The molecule has 1 amide bonds. The van der Waals surface area contributed by atoms with Gasteiger partial charge in [-0.3, -0.25) is 9.69 Å². The zero-order valence-corrected chi connectivity index (χ0v) is 20.8. The van der Waals surface area contributed by atoms with E-state index in [-0.39, 0.29) is 11.8 Å². The van der Waals surface area contributed by atoms with Crippen LogP contribution < -0.4 is 0 Å². The zero-order valence-electron chi connectivity index (χ0n) is 19.9. The normalized spacial score (nSPS) is 22.4. The first-order chi connectivity index (χ1) is 16.4. The van der Waals surface area contributed by atoms with Crippen LogP contribution >= 0.6 is 0 Å². The van der Waals surface area contributed by atoms with E-state index in [9.17, 15) is 13.2 Å². The minimum Gasteiger partial charge on any atom is -0.379 e. The van der Waals surface area contributed by atoms with Crippen molar-refractivity contribution in [1.82, 2.24) is 23.0 Å². The van der Waals surface area contributed by atoms with Crippen molar-refractivity contribution < 1.29 is 17.9 Å². The van der Waals surface area contributed by atoms with Crippen molar-refractivity contribution in [2.45, 2.75) is 19.4 Å². The summed E-state index contributed by atoms with van der Waals surface area (Å²) in [4.78, 5) is 17.6. The molecule has 0 radical (unpaired) electrons. The predicted octanol–water partition coefficient (Wildman–Crippen LogP) is 1.11. The summed E-state index contributed by atoms with van der Waals surface area (Å²) >= 11 is 0. The molecule has 0 atom stereocenters. The van der Waals surface area contributed by atoms with E-state index in [0.29, 0.717) is 52.2 Å². The van der Waals surface area contributed by atoms with Crippen molar-refractivity contribution in [2.24, 2.45) is 13.0 Å². The van der Waals surface area contributed by atoms with Gasteiger partial charge in [0, 0.05) is 89.0 Å². The highest BCUT2D eigenvalue weighted by molar-refractivity contribution is 7.86. The Morgan fingerprint density at radius 1 is 0.941 bits per heavy atom. The Kier molecular flexibility index (Phi) is 6.95. The van der Waals surface area contributed by atoms with E-state index in [1.807, 2.05) is 4.90 Å².